The van der Waals surface area contributed by atoms with Crippen molar-refractivity contribution in [2.24, 2.45) is 0 Å². The number of ether oxygens (including phenoxy) is 1. The van der Waals surface area contributed by atoms with Crippen molar-refractivity contribution in [1.82, 2.24) is 4.57 Å². The molecule has 0 spiro atoms. The predicted molar refractivity (Wildman–Crippen MR) is 113 cm³/mol. The summed E-state index contributed by atoms with van der Waals surface area (Å²) >= 11 is 6.69. The Hall–Kier alpha value is -1.51. The molecule has 3 nitrogen and oxygen atoms in total. The molecule has 34 heavy (non-hydrogen) atoms. The number of nitrogens with zero attached hydrogens (tertiary/aromatic N) is 1. The predicted octanol–water partition coefficient (Wildman–Crippen LogP) is 7.17. The Morgan fingerprint density at radius 2 is 1.26 bits per heavy atom. The molecule has 0 unspecified atom stereocenters. The molecule has 0 fully saturated rings. The van der Waals surface area contributed by atoms with E-state index in [0.29, 0.717) is 11.0 Å². The molecule has 14 heteroatoms. The molecular weight excluding hydrogens is 617 g/mol. The average Bonchev–Trinajstić information content (AvgIpc) is 2.98. The first-order valence-corrected chi connectivity index (χ1v) is 10.9. The number of fused-ring (bicyclic) bond motifs is 3. The number of benzene rings is 2. The van der Waals surface area contributed by atoms with Gasteiger partial charge in [-0.15, -0.1) is 0 Å². The summed E-state index contributed by atoms with van der Waals surface area (Å²) in [7, 11) is 0. The summed E-state index contributed by atoms with van der Waals surface area (Å²) in [5.74, 6) is -19.6. The number of aliphatic hydroxyl groups excluding tert-OH is 1. The maximum Gasteiger partial charge on any atom is 0.460 e. The van der Waals surface area contributed by atoms with E-state index in [9.17, 15) is 44.6 Å². The second-order valence-electron chi connectivity index (χ2n) is 7.45. The average molecular weight is 631 g/mol. The fraction of sp³-hybridized carbons (Fsp3) is 0.400. The molecule has 0 amide bonds. The second kappa shape index (κ2) is 9.17. The summed E-state index contributed by atoms with van der Waals surface area (Å²) in [6.45, 7) is -3.77. The molecule has 188 valence electrons. The number of rotatable bonds is 8. The summed E-state index contributed by atoms with van der Waals surface area (Å²) in [6.07, 6.45) is -8.49. The highest BCUT2D eigenvalue weighted by Crippen LogP contribution is 2.53. The Kier molecular flexibility index (Phi) is 7.31. The van der Waals surface area contributed by atoms with Gasteiger partial charge in [0.15, 0.2) is 0 Å². The second-order valence-corrected chi connectivity index (χ2v) is 9.28. The van der Waals surface area contributed by atoms with Gasteiger partial charge in [-0.25, -0.2) is 0 Å². The topological polar surface area (TPSA) is 34.4 Å². The fourth-order valence-corrected chi connectivity index (χ4v) is 4.05. The van der Waals surface area contributed by atoms with Gasteiger partial charge in [0.2, 0.25) is 0 Å². The van der Waals surface area contributed by atoms with Crippen molar-refractivity contribution in [2.75, 3.05) is 13.2 Å². The molecule has 0 radical (unpaired) electrons. The van der Waals surface area contributed by atoms with Gasteiger partial charge >= 0.3 is 23.9 Å². The van der Waals surface area contributed by atoms with Crippen LogP contribution in [0.15, 0.2) is 45.3 Å². The van der Waals surface area contributed by atoms with E-state index in [2.05, 4.69) is 36.6 Å². The van der Waals surface area contributed by atoms with Crippen LogP contribution < -0.4 is 0 Å². The summed E-state index contributed by atoms with van der Waals surface area (Å²) < 4.78 is 124. The van der Waals surface area contributed by atoms with Gasteiger partial charge in [-0.2, -0.15) is 39.5 Å². The van der Waals surface area contributed by atoms with Crippen molar-refractivity contribution in [3.63, 3.8) is 0 Å². The number of aliphatic hydroxyl groups is 1. The maximum absolute atomic E-state index is 13.6. The Morgan fingerprint density at radius 3 is 1.71 bits per heavy atom. The van der Waals surface area contributed by atoms with Gasteiger partial charge in [-0.05, 0) is 36.4 Å². The van der Waals surface area contributed by atoms with E-state index in [1.54, 1.807) is 41.0 Å². The lowest BCUT2D eigenvalue weighted by atomic mass is 10.0. The van der Waals surface area contributed by atoms with Gasteiger partial charge in [-0.1, -0.05) is 31.9 Å². The van der Waals surface area contributed by atoms with E-state index in [-0.39, 0.29) is 6.54 Å². The molecule has 0 aliphatic heterocycles. The van der Waals surface area contributed by atoms with E-state index in [0.717, 1.165) is 19.7 Å². The number of halogens is 11. The number of hydrogen-bond donors (Lipinski definition) is 1. The van der Waals surface area contributed by atoms with Crippen LogP contribution in [-0.4, -0.2) is 52.9 Å². The van der Waals surface area contributed by atoms with Crippen LogP contribution in [-0.2, 0) is 11.3 Å². The molecular formula is C20H14Br2F9NO2. The first-order chi connectivity index (χ1) is 15.5. The Bertz CT molecular complexity index is 1130. The minimum absolute atomic E-state index is 0.274. The summed E-state index contributed by atoms with van der Waals surface area (Å²) in [6, 6.07) is 10.4. The van der Waals surface area contributed by atoms with Crippen LogP contribution >= 0.6 is 31.9 Å². The molecule has 1 atom stereocenters. The zero-order chi connectivity index (χ0) is 25.7. The molecule has 1 aromatic heterocycles. The van der Waals surface area contributed by atoms with Crippen molar-refractivity contribution in [3.05, 3.63) is 45.3 Å². The van der Waals surface area contributed by atoms with Gasteiger partial charge in [0.1, 0.15) is 6.61 Å². The molecule has 1 N–H and O–H groups in total. The van der Waals surface area contributed by atoms with E-state index in [1.165, 1.54) is 0 Å². The van der Waals surface area contributed by atoms with Gasteiger partial charge < -0.3 is 14.4 Å². The van der Waals surface area contributed by atoms with Crippen molar-refractivity contribution >= 4 is 53.7 Å². The number of alkyl halides is 9. The number of aromatic nitrogens is 1. The third-order valence-electron chi connectivity index (χ3n) is 4.99. The quantitative estimate of drug-likeness (QED) is 0.268. The van der Waals surface area contributed by atoms with Crippen LogP contribution in [0.1, 0.15) is 0 Å². The van der Waals surface area contributed by atoms with Crippen molar-refractivity contribution < 1.29 is 49.4 Å². The Labute approximate surface area is 202 Å². The Morgan fingerprint density at radius 1 is 0.794 bits per heavy atom. The normalized spacial score (nSPS) is 14.8. The maximum atomic E-state index is 13.6. The largest absolute Gasteiger partial charge is 0.460 e. The smallest absolute Gasteiger partial charge is 0.389 e. The van der Waals surface area contributed by atoms with Crippen LogP contribution in [0.5, 0.6) is 0 Å². The third-order valence-corrected chi connectivity index (χ3v) is 5.97. The molecule has 3 rings (SSSR count). The lowest BCUT2D eigenvalue weighted by molar-refractivity contribution is -0.400. The molecule has 2 aromatic carbocycles. The molecule has 0 saturated carbocycles. The van der Waals surface area contributed by atoms with Crippen LogP contribution in [0, 0.1) is 0 Å². The van der Waals surface area contributed by atoms with Crippen LogP contribution in [0.3, 0.4) is 0 Å². The summed E-state index contributed by atoms with van der Waals surface area (Å²) in [4.78, 5) is 0. The molecule has 0 aliphatic rings. The van der Waals surface area contributed by atoms with Crippen molar-refractivity contribution in [3.8, 4) is 0 Å². The van der Waals surface area contributed by atoms with Crippen LogP contribution in [0.2, 0.25) is 0 Å². The van der Waals surface area contributed by atoms with Crippen molar-refractivity contribution in [1.29, 1.82) is 0 Å². The minimum atomic E-state index is -6.99. The standard InChI is InChI=1S/C20H14Br2F9NO2/c21-10-1-3-15-13(5-10)14-6-11(22)2-4-16(14)32(15)7-12(33)8-34-9-17(23,24)18(25,26)19(27,28)20(29,30)31/h1-6,12,33H,7-9H2/t12-/m1/s1. The fourth-order valence-electron chi connectivity index (χ4n) is 3.33. The molecule has 0 saturated heterocycles. The molecule has 0 aliphatic carbocycles. The highest BCUT2D eigenvalue weighted by atomic mass is 79.9. The van der Waals surface area contributed by atoms with E-state index >= 15 is 0 Å². The summed E-state index contributed by atoms with van der Waals surface area (Å²) in [5, 5.41) is 11.7. The third kappa shape index (κ3) is 4.78. The van der Waals surface area contributed by atoms with E-state index in [1.807, 2.05) is 0 Å². The minimum Gasteiger partial charge on any atom is -0.389 e. The van der Waals surface area contributed by atoms with Crippen LogP contribution in [0.25, 0.3) is 21.8 Å². The molecule has 1 heterocycles. The first kappa shape index (κ1) is 27.1. The molecule has 0 bridgehead atoms. The summed E-state index contributed by atoms with van der Waals surface area (Å²) in [5.41, 5.74) is 1.24. The highest BCUT2D eigenvalue weighted by molar-refractivity contribution is 9.10. The first-order valence-electron chi connectivity index (χ1n) is 9.32. The van der Waals surface area contributed by atoms with Gasteiger partial charge in [-0.3, -0.25) is 0 Å². The van der Waals surface area contributed by atoms with E-state index in [4.69, 9.17) is 0 Å². The zero-order valence-corrected chi connectivity index (χ0v) is 19.8. The number of hydrogen-bond acceptors (Lipinski definition) is 2. The lowest BCUT2D eigenvalue weighted by Gasteiger charge is -2.33. The van der Waals surface area contributed by atoms with Gasteiger partial charge in [0.05, 0.1) is 19.3 Å². The highest BCUT2D eigenvalue weighted by Gasteiger charge is 2.81. The van der Waals surface area contributed by atoms with E-state index < -0.39 is 43.3 Å². The lowest BCUT2D eigenvalue weighted by Crippen LogP contribution is -2.62. The monoisotopic (exact) mass is 629 g/mol. The Balaban J connectivity index is 1.76. The van der Waals surface area contributed by atoms with Gasteiger partial charge in [0.25, 0.3) is 0 Å². The van der Waals surface area contributed by atoms with Gasteiger partial charge in [0, 0.05) is 30.8 Å². The zero-order valence-electron chi connectivity index (χ0n) is 16.6. The molecule has 3 aromatic rings. The van der Waals surface area contributed by atoms with Crippen molar-refractivity contribution in [2.45, 2.75) is 36.6 Å². The SMILES string of the molecule is O[C@@H](COCC(F)(F)C(F)(F)C(F)(F)C(F)(F)F)Cn1c2ccc(Br)cc2c2cc(Br)ccc21. The van der Waals surface area contributed by atoms with Crippen LogP contribution in [0.4, 0.5) is 39.5 Å².